The molecule has 1 heterocycles. The van der Waals surface area contributed by atoms with E-state index in [1.807, 2.05) is 0 Å². The second-order valence-corrected chi connectivity index (χ2v) is 3.20. The molecule has 0 aliphatic carbocycles. The van der Waals surface area contributed by atoms with Crippen LogP contribution in [0.15, 0.2) is 24.4 Å². The molecule has 0 saturated carbocycles. The van der Waals surface area contributed by atoms with Crippen molar-refractivity contribution in [2.45, 2.75) is 12.7 Å². The van der Waals surface area contributed by atoms with Crippen LogP contribution in [-0.4, -0.2) is 16.0 Å². The summed E-state index contributed by atoms with van der Waals surface area (Å²) in [6.45, 7) is -1.12. The number of halogens is 3. The highest BCUT2D eigenvalue weighted by atomic mass is 19.4. The van der Waals surface area contributed by atoms with Crippen molar-refractivity contribution in [1.82, 2.24) is 9.78 Å². The van der Waals surface area contributed by atoms with E-state index in [1.54, 1.807) is 18.2 Å². The van der Waals surface area contributed by atoms with Crippen LogP contribution in [0.1, 0.15) is 0 Å². The van der Waals surface area contributed by atoms with Gasteiger partial charge >= 0.3 is 6.18 Å². The molecule has 0 saturated heterocycles. The van der Waals surface area contributed by atoms with Crippen molar-refractivity contribution in [2.24, 2.45) is 0 Å². The summed E-state index contributed by atoms with van der Waals surface area (Å²) in [5, 5.41) is 4.27. The number of nitrogens with two attached hydrogens (primary N) is 1. The number of alkyl halides is 3. The number of anilines is 1. The van der Waals surface area contributed by atoms with E-state index >= 15 is 0 Å². The highest BCUT2D eigenvalue weighted by Gasteiger charge is 2.29. The second-order valence-electron chi connectivity index (χ2n) is 3.20. The molecule has 6 heteroatoms. The van der Waals surface area contributed by atoms with E-state index in [9.17, 15) is 13.2 Å². The van der Waals surface area contributed by atoms with Gasteiger partial charge in [0.2, 0.25) is 0 Å². The minimum Gasteiger partial charge on any atom is -0.397 e. The van der Waals surface area contributed by atoms with Crippen molar-refractivity contribution in [1.29, 1.82) is 0 Å². The zero-order valence-corrected chi connectivity index (χ0v) is 7.62. The molecule has 0 bridgehead atoms. The van der Waals surface area contributed by atoms with Gasteiger partial charge in [-0.1, -0.05) is 12.1 Å². The quantitative estimate of drug-likeness (QED) is 0.741. The SMILES string of the molecule is Nc1cccc2cnn(CC(F)(F)F)c12. The zero-order valence-electron chi connectivity index (χ0n) is 7.62. The summed E-state index contributed by atoms with van der Waals surface area (Å²) in [5.41, 5.74) is 6.22. The van der Waals surface area contributed by atoms with Crippen molar-refractivity contribution in [3.63, 3.8) is 0 Å². The average Bonchev–Trinajstić information content (AvgIpc) is 2.47. The van der Waals surface area contributed by atoms with Crippen molar-refractivity contribution in [3.05, 3.63) is 24.4 Å². The summed E-state index contributed by atoms with van der Waals surface area (Å²) < 4.78 is 37.4. The zero-order chi connectivity index (χ0) is 11.1. The lowest BCUT2D eigenvalue weighted by molar-refractivity contribution is -0.141. The lowest BCUT2D eigenvalue weighted by atomic mass is 10.2. The van der Waals surface area contributed by atoms with Crippen LogP contribution in [0.3, 0.4) is 0 Å². The molecule has 1 aromatic heterocycles. The van der Waals surface area contributed by atoms with Crippen LogP contribution in [0.4, 0.5) is 18.9 Å². The molecule has 0 fully saturated rings. The van der Waals surface area contributed by atoms with E-state index in [1.165, 1.54) is 6.20 Å². The van der Waals surface area contributed by atoms with Gasteiger partial charge in [0.25, 0.3) is 0 Å². The minimum atomic E-state index is -4.29. The first kappa shape index (κ1) is 9.82. The molecule has 3 nitrogen and oxygen atoms in total. The molecule has 0 aliphatic rings. The Morgan fingerprint density at radius 3 is 2.73 bits per heavy atom. The molecule has 15 heavy (non-hydrogen) atoms. The summed E-state index contributed by atoms with van der Waals surface area (Å²) in [4.78, 5) is 0. The molecule has 2 aromatic rings. The van der Waals surface area contributed by atoms with Crippen molar-refractivity contribution in [3.8, 4) is 0 Å². The fraction of sp³-hybridized carbons (Fsp3) is 0.222. The number of nitrogens with zero attached hydrogens (tertiary/aromatic N) is 2. The average molecular weight is 215 g/mol. The molecular weight excluding hydrogens is 207 g/mol. The van der Waals surface area contributed by atoms with Gasteiger partial charge in [0.05, 0.1) is 17.4 Å². The number of hydrogen-bond acceptors (Lipinski definition) is 2. The molecule has 0 aliphatic heterocycles. The molecule has 2 rings (SSSR count). The predicted molar refractivity (Wildman–Crippen MR) is 50.2 cm³/mol. The number of benzene rings is 1. The Labute approximate surface area is 83.3 Å². The summed E-state index contributed by atoms with van der Waals surface area (Å²) in [6, 6.07) is 4.90. The summed E-state index contributed by atoms with van der Waals surface area (Å²) >= 11 is 0. The Morgan fingerprint density at radius 2 is 2.07 bits per heavy atom. The molecule has 0 spiro atoms. The molecule has 80 valence electrons. The molecule has 1 aromatic carbocycles. The van der Waals surface area contributed by atoms with Crippen LogP contribution >= 0.6 is 0 Å². The standard InChI is InChI=1S/C9H8F3N3/c10-9(11,12)5-15-8-6(4-14-15)2-1-3-7(8)13/h1-4H,5,13H2. The molecule has 0 amide bonds. The fourth-order valence-corrected chi connectivity index (χ4v) is 1.46. The third-order valence-corrected chi connectivity index (χ3v) is 2.02. The van der Waals surface area contributed by atoms with Gasteiger partial charge in [0.1, 0.15) is 6.54 Å². The maximum atomic E-state index is 12.2. The Kier molecular flexibility index (Phi) is 2.06. The van der Waals surface area contributed by atoms with Crippen LogP contribution < -0.4 is 5.73 Å². The van der Waals surface area contributed by atoms with E-state index in [0.717, 1.165) is 4.68 Å². The monoisotopic (exact) mass is 215 g/mol. The third-order valence-electron chi connectivity index (χ3n) is 2.02. The van der Waals surface area contributed by atoms with Gasteiger partial charge in [-0.25, -0.2) is 0 Å². The Balaban J connectivity index is 2.53. The number of aromatic nitrogens is 2. The van der Waals surface area contributed by atoms with Crippen molar-refractivity contribution < 1.29 is 13.2 Å². The second kappa shape index (κ2) is 3.15. The Bertz CT molecular complexity index is 487. The molecule has 0 atom stereocenters. The predicted octanol–water partition coefficient (Wildman–Crippen LogP) is 2.18. The van der Waals surface area contributed by atoms with Gasteiger partial charge in [-0.2, -0.15) is 18.3 Å². The normalized spacial score (nSPS) is 12.2. The van der Waals surface area contributed by atoms with Crippen LogP contribution in [0.5, 0.6) is 0 Å². The van der Waals surface area contributed by atoms with Gasteiger partial charge in [-0.15, -0.1) is 0 Å². The summed E-state index contributed by atoms with van der Waals surface area (Å²) in [6.07, 6.45) is -2.92. The minimum absolute atomic E-state index is 0.300. The van der Waals surface area contributed by atoms with E-state index in [2.05, 4.69) is 5.10 Å². The van der Waals surface area contributed by atoms with Crippen molar-refractivity contribution in [2.75, 3.05) is 5.73 Å². The van der Waals surface area contributed by atoms with E-state index < -0.39 is 12.7 Å². The van der Waals surface area contributed by atoms with Gasteiger partial charge in [0, 0.05) is 5.39 Å². The van der Waals surface area contributed by atoms with Gasteiger partial charge in [-0.3, -0.25) is 4.68 Å². The van der Waals surface area contributed by atoms with Gasteiger partial charge in [0.15, 0.2) is 0 Å². The third kappa shape index (κ3) is 1.88. The summed E-state index contributed by atoms with van der Waals surface area (Å²) in [5.74, 6) is 0. The smallest absolute Gasteiger partial charge is 0.397 e. The van der Waals surface area contributed by atoms with Crippen molar-refractivity contribution >= 4 is 16.6 Å². The lowest BCUT2D eigenvalue weighted by Crippen LogP contribution is -2.18. The molecule has 0 unspecified atom stereocenters. The van der Waals surface area contributed by atoms with Crippen LogP contribution in [0.25, 0.3) is 10.9 Å². The Hall–Kier alpha value is -1.72. The first-order valence-electron chi connectivity index (χ1n) is 4.24. The fourth-order valence-electron chi connectivity index (χ4n) is 1.46. The highest BCUT2D eigenvalue weighted by molar-refractivity contribution is 5.89. The van der Waals surface area contributed by atoms with E-state index in [-0.39, 0.29) is 0 Å². The maximum absolute atomic E-state index is 12.2. The number of fused-ring (bicyclic) bond motifs is 1. The highest BCUT2D eigenvalue weighted by Crippen LogP contribution is 2.24. The Morgan fingerprint density at radius 1 is 1.33 bits per heavy atom. The van der Waals surface area contributed by atoms with E-state index in [4.69, 9.17) is 5.73 Å². The van der Waals surface area contributed by atoms with Crippen LogP contribution in [0, 0.1) is 0 Å². The number of rotatable bonds is 1. The van der Waals surface area contributed by atoms with Crippen LogP contribution in [0.2, 0.25) is 0 Å². The first-order chi connectivity index (χ1) is 6.97. The van der Waals surface area contributed by atoms with E-state index in [0.29, 0.717) is 16.6 Å². The molecular formula is C9H8F3N3. The van der Waals surface area contributed by atoms with Crippen LogP contribution in [-0.2, 0) is 6.54 Å². The summed E-state index contributed by atoms with van der Waals surface area (Å²) in [7, 11) is 0. The van der Waals surface area contributed by atoms with Gasteiger partial charge in [-0.05, 0) is 6.07 Å². The topological polar surface area (TPSA) is 43.8 Å². The van der Waals surface area contributed by atoms with Gasteiger partial charge < -0.3 is 5.73 Å². The number of hydrogen-bond donors (Lipinski definition) is 1. The maximum Gasteiger partial charge on any atom is 0.408 e. The number of para-hydroxylation sites is 1. The molecule has 0 radical (unpaired) electrons. The first-order valence-corrected chi connectivity index (χ1v) is 4.24. The lowest BCUT2D eigenvalue weighted by Gasteiger charge is -2.08. The number of nitrogen functional groups attached to an aromatic ring is 1. The largest absolute Gasteiger partial charge is 0.408 e. The molecule has 2 N–H and O–H groups in total.